The van der Waals surface area contributed by atoms with Gasteiger partial charge in [0.1, 0.15) is 12.5 Å². The van der Waals surface area contributed by atoms with Crippen LogP contribution in [0.15, 0.2) is 29.6 Å². The summed E-state index contributed by atoms with van der Waals surface area (Å²) >= 11 is 0. The standard InChI is InChI=1S/C48H62N4O5/c1-11-14-16-26(4)17-15-18-27(5)21-22-57-41(53)20-19-34-30(8)37-23-35-28(6)32(12-2)39(49-35)24-36-29(7)33(13-3)40(50-36)25-38-31(9)42-46(52-38)43(45(34)51-37)44(47(42)54)48(55)56-10/h12,21,23-26,30,34,44,49-52H,2,11,13-20,22H2,1,3-10H3/b27-21+,36-24-,37-23-,40-25-,45-43-/t26-,30+,34+,44-/m1/s1. The summed E-state index contributed by atoms with van der Waals surface area (Å²) in [6.07, 6.45) is 18.8. The summed E-state index contributed by atoms with van der Waals surface area (Å²) in [5.41, 5.74) is 12.5. The van der Waals surface area contributed by atoms with Crippen LogP contribution in [0.1, 0.15) is 147 Å². The van der Waals surface area contributed by atoms with Crippen molar-refractivity contribution in [3.63, 3.8) is 0 Å². The van der Waals surface area contributed by atoms with E-state index in [4.69, 9.17) is 9.47 Å². The van der Waals surface area contributed by atoms with Gasteiger partial charge in [0.2, 0.25) is 0 Å². The van der Waals surface area contributed by atoms with Crippen molar-refractivity contribution in [1.29, 1.82) is 0 Å². The van der Waals surface area contributed by atoms with Crippen molar-refractivity contribution < 1.29 is 23.9 Å². The predicted molar refractivity (Wildman–Crippen MR) is 229 cm³/mol. The molecule has 4 atom stereocenters. The molecule has 8 bridgehead atoms. The topological polar surface area (TPSA) is 129 Å². The summed E-state index contributed by atoms with van der Waals surface area (Å²) in [4.78, 5) is 52.1. The molecule has 3 aromatic rings. The van der Waals surface area contributed by atoms with Gasteiger partial charge in [0.15, 0.2) is 5.78 Å². The van der Waals surface area contributed by atoms with Crippen molar-refractivity contribution in [3.05, 3.63) is 96.5 Å². The van der Waals surface area contributed by atoms with Gasteiger partial charge in [-0.05, 0) is 106 Å². The molecule has 6 rings (SSSR count). The number of fused-ring (bicyclic) bond motifs is 7. The van der Waals surface area contributed by atoms with Crippen molar-refractivity contribution in [2.75, 3.05) is 13.7 Å². The number of hydrogen-bond acceptors (Lipinski definition) is 6. The Morgan fingerprint density at radius 2 is 1.65 bits per heavy atom. The van der Waals surface area contributed by atoms with Crippen molar-refractivity contribution in [3.8, 4) is 0 Å². The smallest absolute Gasteiger partial charge is 0.321 e. The highest BCUT2D eigenvalue weighted by molar-refractivity contribution is 6.24. The van der Waals surface area contributed by atoms with Crippen LogP contribution in [0.5, 0.6) is 0 Å². The van der Waals surface area contributed by atoms with E-state index in [9.17, 15) is 14.4 Å². The number of aromatic nitrogens is 3. The molecule has 0 radical (unpaired) electrons. The van der Waals surface area contributed by atoms with Crippen LogP contribution in [0.25, 0.3) is 29.9 Å². The van der Waals surface area contributed by atoms with E-state index in [-0.39, 0.29) is 36.6 Å². The largest absolute Gasteiger partial charge is 0.468 e. The molecule has 0 aromatic carbocycles. The van der Waals surface area contributed by atoms with E-state index in [2.05, 4.69) is 93.5 Å². The quantitative estimate of drug-likeness (QED) is 0.0696. The molecule has 4 N–H and O–H groups in total. The van der Waals surface area contributed by atoms with Gasteiger partial charge in [0.25, 0.3) is 0 Å². The molecule has 0 spiro atoms. The summed E-state index contributed by atoms with van der Waals surface area (Å²) in [6.45, 7) is 21.5. The predicted octanol–water partition coefficient (Wildman–Crippen LogP) is 8.63. The number of methoxy groups -OCH3 is 1. The van der Waals surface area contributed by atoms with E-state index < -0.39 is 11.9 Å². The highest BCUT2D eigenvalue weighted by Gasteiger charge is 2.48. The number of rotatable bonds is 15. The summed E-state index contributed by atoms with van der Waals surface area (Å²) < 4.78 is 11.0. The molecular weight excluding hydrogens is 713 g/mol. The van der Waals surface area contributed by atoms with Gasteiger partial charge in [-0.3, -0.25) is 14.4 Å². The number of aromatic amines is 3. The lowest BCUT2D eigenvalue weighted by molar-refractivity contribution is -0.143. The molecule has 0 saturated carbocycles. The molecular formula is C48H62N4O5. The average Bonchev–Trinajstić information content (AvgIpc) is 3.93. The lowest BCUT2D eigenvalue weighted by Gasteiger charge is -2.19. The zero-order valence-corrected chi connectivity index (χ0v) is 35.5. The van der Waals surface area contributed by atoms with Crippen LogP contribution in [0, 0.1) is 44.4 Å². The number of esters is 2. The Bertz CT molecular complexity index is 2290. The normalized spacial score (nSPS) is 22.5. The average molecular weight is 775 g/mol. The molecule has 3 aliphatic rings. The lowest BCUT2D eigenvalue weighted by Crippen LogP contribution is -2.25. The Balaban J connectivity index is 1.39. The summed E-state index contributed by atoms with van der Waals surface area (Å²) in [6, 6.07) is 0. The molecule has 9 heteroatoms. The van der Waals surface area contributed by atoms with Gasteiger partial charge < -0.3 is 29.7 Å². The lowest BCUT2D eigenvalue weighted by atomic mass is 9.85. The Kier molecular flexibility index (Phi) is 12.8. The number of ether oxygens (including phenoxy) is 2. The molecule has 1 fully saturated rings. The number of unbranched alkanes of at least 4 members (excludes halogenated alkanes) is 1. The minimum absolute atomic E-state index is 0.0837. The second-order valence-electron chi connectivity index (χ2n) is 16.5. The van der Waals surface area contributed by atoms with Gasteiger partial charge >= 0.3 is 11.9 Å². The van der Waals surface area contributed by atoms with Gasteiger partial charge in [-0.15, -0.1) is 0 Å². The molecule has 0 unspecified atom stereocenters. The van der Waals surface area contributed by atoms with Gasteiger partial charge in [-0.2, -0.15) is 0 Å². The molecule has 1 saturated heterocycles. The second kappa shape index (κ2) is 17.6. The molecule has 2 aliphatic heterocycles. The molecule has 0 amide bonds. The summed E-state index contributed by atoms with van der Waals surface area (Å²) in [5.74, 6) is -1.88. The van der Waals surface area contributed by atoms with Crippen LogP contribution in [0.2, 0.25) is 0 Å². The van der Waals surface area contributed by atoms with Crippen LogP contribution in [-0.2, 0) is 25.5 Å². The monoisotopic (exact) mass is 774 g/mol. The summed E-state index contributed by atoms with van der Waals surface area (Å²) in [7, 11) is 1.32. The Morgan fingerprint density at radius 1 is 0.930 bits per heavy atom. The first-order valence-corrected chi connectivity index (χ1v) is 21.0. The first-order valence-electron chi connectivity index (χ1n) is 21.0. The van der Waals surface area contributed by atoms with E-state index in [1.165, 1.54) is 43.9 Å². The maximum Gasteiger partial charge on any atom is 0.321 e. The van der Waals surface area contributed by atoms with Gasteiger partial charge in [-0.25, -0.2) is 0 Å². The van der Waals surface area contributed by atoms with E-state index >= 15 is 0 Å². The van der Waals surface area contributed by atoms with E-state index in [0.29, 0.717) is 23.3 Å². The zero-order chi connectivity index (χ0) is 41.1. The number of Topliss-reactive ketones (excluding diaryl/α,β-unsaturated/α-hetero) is 1. The van der Waals surface area contributed by atoms with Crippen molar-refractivity contribution in [2.24, 2.45) is 23.7 Å². The third-order valence-corrected chi connectivity index (χ3v) is 12.7. The molecule has 304 valence electrons. The number of allylic oxidation sites excluding steroid dienone is 3. The number of ketones is 1. The first-order chi connectivity index (χ1) is 27.3. The number of carbonyl (C=O) groups is 3. The zero-order valence-electron chi connectivity index (χ0n) is 35.5. The molecule has 3 aromatic heterocycles. The van der Waals surface area contributed by atoms with Crippen LogP contribution in [0.4, 0.5) is 0 Å². The first kappa shape index (κ1) is 41.6. The van der Waals surface area contributed by atoms with Crippen LogP contribution in [0.3, 0.4) is 0 Å². The SMILES string of the molecule is C=Cc1c2[nH]c(c1C)/C=C1\N/C(=C3\c4[nH]c(c(C)c4C(=O)[C@@H]3C(=O)OC)/C=c3\[nH]/c(c(C)c3CC)=C\2)[C@@H](CCC(=O)OC/C=C(\C)CCC[C@H](C)CCCC)[C@@H]1C. The Labute approximate surface area is 337 Å². The fraction of sp³-hybridized carbons (Fsp3) is 0.479. The molecule has 5 heterocycles. The summed E-state index contributed by atoms with van der Waals surface area (Å²) in [5, 5.41) is 5.64. The highest BCUT2D eigenvalue weighted by atomic mass is 16.5. The van der Waals surface area contributed by atoms with Crippen molar-refractivity contribution >= 4 is 47.6 Å². The fourth-order valence-corrected chi connectivity index (χ4v) is 9.15. The number of hydrogen-bond donors (Lipinski definition) is 4. The van der Waals surface area contributed by atoms with Crippen LogP contribution < -0.4 is 16.0 Å². The Hall–Kier alpha value is -5.05. The van der Waals surface area contributed by atoms with Crippen LogP contribution in [-0.4, -0.2) is 46.4 Å². The molecule has 9 nitrogen and oxygen atoms in total. The third kappa shape index (κ3) is 8.21. The number of H-pyrrole nitrogens is 3. The van der Waals surface area contributed by atoms with E-state index in [0.717, 1.165) is 86.6 Å². The van der Waals surface area contributed by atoms with Crippen molar-refractivity contribution in [2.45, 2.75) is 113 Å². The number of nitrogens with one attached hydrogen (secondary N) is 4. The van der Waals surface area contributed by atoms with Crippen molar-refractivity contribution in [1.82, 2.24) is 20.3 Å². The van der Waals surface area contributed by atoms with Gasteiger partial charge in [-0.1, -0.05) is 71.6 Å². The third-order valence-electron chi connectivity index (χ3n) is 12.7. The van der Waals surface area contributed by atoms with Gasteiger partial charge in [0, 0.05) is 74.1 Å². The minimum Gasteiger partial charge on any atom is -0.468 e. The maximum atomic E-state index is 14.3. The Morgan fingerprint density at radius 3 is 2.35 bits per heavy atom. The fourth-order valence-electron chi connectivity index (χ4n) is 9.15. The van der Waals surface area contributed by atoms with Gasteiger partial charge in [0.05, 0.1) is 12.8 Å². The second-order valence-corrected chi connectivity index (χ2v) is 16.5. The maximum absolute atomic E-state index is 14.3. The highest BCUT2D eigenvalue weighted by Crippen LogP contribution is 2.48. The minimum atomic E-state index is -1.14. The van der Waals surface area contributed by atoms with E-state index in [1.807, 2.05) is 19.1 Å². The molecule has 1 aliphatic carbocycles. The van der Waals surface area contributed by atoms with E-state index in [1.54, 1.807) is 0 Å². The number of carbonyl (C=O) groups excluding carboxylic acids is 3. The van der Waals surface area contributed by atoms with Crippen LogP contribution >= 0.6 is 0 Å². The molecule has 57 heavy (non-hydrogen) atoms.